The van der Waals surface area contributed by atoms with Gasteiger partial charge in [-0.2, -0.15) is 0 Å². The average Bonchev–Trinajstić information content (AvgIpc) is 2.69. The minimum atomic E-state index is -0.858. The molecule has 29 heavy (non-hydrogen) atoms. The van der Waals surface area contributed by atoms with Gasteiger partial charge < -0.3 is 15.7 Å². The van der Waals surface area contributed by atoms with Crippen LogP contribution >= 0.6 is 23.2 Å². The van der Waals surface area contributed by atoms with E-state index < -0.39 is 5.60 Å². The number of halogens is 2. The highest BCUT2D eigenvalue weighted by atomic mass is 35.5. The van der Waals surface area contributed by atoms with Gasteiger partial charge in [-0.15, -0.1) is 0 Å². The molecule has 1 atom stereocenters. The predicted molar refractivity (Wildman–Crippen MR) is 117 cm³/mol. The topological polar surface area (TPSA) is 84.9 Å². The molecule has 0 saturated carbocycles. The Labute approximate surface area is 181 Å². The molecule has 0 fully saturated rings. The number of oxime groups is 1. The van der Waals surface area contributed by atoms with Crippen LogP contribution in [0.1, 0.15) is 31.4 Å². The first-order chi connectivity index (χ1) is 13.7. The van der Waals surface area contributed by atoms with Crippen LogP contribution in [0.25, 0.3) is 0 Å². The van der Waals surface area contributed by atoms with Crippen LogP contribution in [-0.2, 0) is 22.5 Å². The monoisotopic (exact) mass is 436 g/mol. The van der Waals surface area contributed by atoms with Gasteiger partial charge in [-0.05, 0) is 55.7 Å². The molecule has 2 aromatic rings. The van der Waals surface area contributed by atoms with Gasteiger partial charge in [0.15, 0.2) is 5.60 Å². The van der Waals surface area contributed by atoms with E-state index in [2.05, 4.69) is 5.16 Å². The molecule has 0 unspecified atom stereocenters. The van der Waals surface area contributed by atoms with Crippen LogP contribution in [0.2, 0.25) is 10.0 Å². The summed E-state index contributed by atoms with van der Waals surface area (Å²) in [5.41, 5.74) is 7.18. The van der Waals surface area contributed by atoms with Gasteiger partial charge in [-0.25, -0.2) is 0 Å². The van der Waals surface area contributed by atoms with Crippen LogP contribution in [0.15, 0.2) is 53.7 Å². The van der Waals surface area contributed by atoms with E-state index in [4.69, 9.17) is 33.8 Å². The van der Waals surface area contributed by atoms with Crippen molar-refractivity contribution < 1.29 is 14.7 Å². The molecule has 2 rings (SSSR count). The zero-order valence-electron chi connectivity index (χ0n) is 16.6. The smallest absolute Gasteiger partial charge is 0.155 e. The molecule has 7 heteroatoms. The van der Waals surface area contributed by atoms with Crippen molar-refractivity contribution in [2.24, 2.45) is 16.8 Å². The minimum Gasteiger partial charge on any atom is -0.392 e. The first-order valence-corrected chi connectivity index (χ1v) is 10.1. The summed E-state index contributed by atoms with van der Waals surface area (Å²) in [6.07, 6.45) is 1.01. The van der Waals surface area contributed by atoms with E-state index in [9.17, 15) is 9.90 Å². The number of rotatable bonds is 10. The molecule has 2 aromatic carbocycles. The summed E-state index contributed by atoms with van der Waals surface area (Å²) in [7, 11) is 0. The van der Waals surface area contributed by atoms with Crippen LogP contribution in [0, 0.1) is 5.92 Å². The third kappa shape index (κ3) is 8.05. The number of hydrogen-bond acceptors (Lipinski definition) is 4. The largest absolute Gasteiger partial charge is 0.392 e. The van der Waals surface area contributed by atoms with Crippen LogP contribution in [0.4, 0.5) is 0 Å². The molecule has 0 spiro atoms. The summed E-state index contributed by atoms with van der Waals surface area (Å²) < 4.78 is 0. The van der Waals surface area contributed by atoms with E-state index in [0.29, 0.717) is 16.5 Å². The summed E-state index contributed by atoms with van der Waals surface area (Å²) in [5.74, 6) is -0.0951. The number of Topliss-reactive ketones (excluding diaryl/α,β-unsaturated/α-hetero) is 1. The Balaban J connectivity index is 2.13. The summed E-state index contributed by atoms with van der Waals surface area (Å²) >= 11 is 11.9. The fourth-order valence-electron chi connectivity index (χ4n) is 2.64. The number of amidine groups is 1. The third-order valence-corrected chi connectivity index (χ3v) is 4.89. The lowest BCUT2D eigenvalue weighted by Crippen LogP contribution is -2.32. The van der Waals surface area contributed by atoms with Crippen LogP contribution in [-0.4, -0.2) is 28.9 Å². The number of aliphatic hydroxyl groups excluding tert-OH is 1. The number of nitrogens with zero attached hydrogens (tertiary/aromatic N) is 1. The molecule has 0 aromatic heterocycles. The summed E-state index contributed by atoms with van der Waals surface area (Å²) in [6, 6.07) is 14.6. The lowest BCUT2D eigenvalue weighted by atomic mass is 9.91. The molecule has 0 radical (unpaired) electrons. The highest BCUT2D eigenvalue weighted by molar-refractivity contribution is 6.30. The van der Waals surface area contributed by atoms with Gasteiger partial charge in [-0.1, -0.05) is 52.6 Å². The molecule has 0 aliphatic carbocycles. The fourth-order valence-corrected chi connectivity index (χ4v) is 2.89. The Morgan fingerprint density at radius 2 is 1.59 bits per heavy atom. The quantitative estimate of drug-likeness (QED) is 0.328. The third-order valence-electron chi connectivity index (χ3n) is 4.38. The van der Waals surface area contributed by atoms with E-state index in [1.807, 2.05) is 24.3 Å². The fraction of sp³-hybridized carbons (Fsp3) is 0.364. The SMILES string of the molecule is CC(C)(CO)O/N=C(\N)[C@@H](CC(=O)Cc1ccc(Cl)cc1)Cc1ccc(Cl)cc1. The second-order valence-corrected chi connectivity index (χ2v) is 8.47. The van der Waals surface area contributed by atoms with Crippen molar-refractivity contribution in [1.29, 1.82) is 0 Å². The molecule has 0 bridgehead atoms. The first-order valence-electron chi connectivity index (χ1n) is 9.31. The molecule has 0 saturated heterocycles. The Morgan fingerprint density at radius 3 is 2.10 bits per heavy atom. The molecular weight excluding hydrogens is 411 g/mol. The standard InChI is InChI=1S/C22H26Cl2N2O3/c1-22(2,14-27)29-26-21(25)17(11-15-3-7-18(23)8-4-15)13-20(28)12-16-5-9-19(24)10-6-16/h3-10,17,27H,11-14H2,1-2H3,(H2,25,26)/t17-/m1/s1. The van der Waals surface area contributed by atoms with E-state index in [1.54, 1.807) is 38.1 Å². The Kier molecular flexibility index (Phi) is 8.50. The van der Waals surface area contributed by atoms with Gasteiger partial charge in [-0.3, -0.25) is 4.79 Å². The second-order valence-electron chi connectivity index (χ2n) is 7.60. The van der Waals surface area contributed by atoms with Crippen molar-refractivity contribution in [3.63, 3.8) is 0 Å². The second kappa shape index (κ2) is 10.6. The van der Waals surface area contributed by atoms with Crippen molar-refractivity contribution >= 4 is 34.8 Å². The number of nitrogens with two attached hydrogens (primary N) is 1. The maximum atomic E-state index is 12.7. The van der Waals surface area contributed by atoms with Crippen LogP contribution < -0.4 is 5.73 Å². The molecule has 156 valence electrons. The van der Waals surface area contributed by atoms with Gasteiger partial charge in [0.1, 0.15) is 11.6 Å². The lowest BCUT2D eigenvalue weighted by molar-refractivity contribution is -0.118. The zero-order chi connectivity index (χ0) is 21.4. The normalized spacial score (nSPS) is 13.2. The van der Waals surface area contributed by atoms with Crippen molar-refractivity contribution in [3.05, 3.63) is 69.7 Å². The Morgan fingerprint density at radius 1 is 1.07 bits per heavy atom. The van der Waals surface area contributed by atoms with Gasteiger partial charge in [0.2, 0.25) is 0 Å². The number of aliphatic hydroxyl groups is 1. The number of carbonyl (C=O) groups is 1. The van der Waals surface area contributed by atoms with E-state index in [1.165, 1.54) is 0 Å². The molecule has 0 amide bonds. The summed E-state index contributed by atoms with van der Waals surface area (Å²) in [4.78, 5) is 18.0. The van der Waals surface area contributed by atoms with Crippen LogP contribution in [0.3, 0.4) is 0 Å². The number of hydrogen-bond donors (Lipinski definition) is 2. The maximum absolute atomic E-state index is 12.7. The van der Waals surface area contributed by atoms with E-state index in [0.717, 1.165) is 11.1 Å². The van der Waals surface area contributed by atoms with Gasteiger partial charge in [0, 0.05) is 28.8 Å². The molecule has 0 aliphatic heterocycles. The Bertz CT molecular complexity index is 834. The zero-order valence-corrected chi connectivity index (χ0v) is 18.1. The van der Waals surface area contributed by atoms with Gasteiger partial charge in [0.25, 0.3) is 0 Å². The highest BCUT2D eigenvalue weighted by Crippen LogP contribution is 2.19. The van der Waals surface area contributed by atoms with Crippen molar-refractivity contribution in [2.75, 3.05) is 6.61 Å². The van der Waals surface area contributed by atoms with Crippen LogP contribution in [0.5, 0.6) is 0 Å². The first kappa shape index (κ1) is 23.2. The van der Waals surface area contributed by atoms with Gasteiger partial charge in [0.05, 0.1) is 6.61 Å². The number of carbonyl (C=O) groups excluding carboxylic acids is 1. The predicted octanol–water partition coefficient (Wildman–Crippen LogP) is 4.41. The minimum absolute atomic E-state index is 0.0332. The van der Waals surface area contributed by atoms with E-state index in [-0.39, 0.29) is 37.0 Å². The van der Waals surface area contributed by atoms with Gasteiger partial charge >= 0.3 is 0 Å². The molecule has 0 heterocycles. The number of ketones is 1. The Hall–Kier alpha value is -2.08. The average molecular weight is 437 g/mol. The summed E-state index contributed by atoms with van der Waals surface area (Å²) in [6.45, 7) is 3.19. The molecular formula is C22H26Cl2N2O3. The van der Waals surface area contributed by atoms with Crippen molar-refractivity contribution in [3.8, 4) is 0 Å². The van der Waals surface area contributed by atoms with E-state index >= 15 is 0 Å². The molecule has 3 N–H and O–H groups in total. The molecule has 0 aliphatic rings. The van der Waals surface area contributed by atoms with Crippen molar-refractivity contribution in [2.45, 2.75) is 38.7 Å². The lowest BCUT2D eigenvalue weighted by Gasteiger charge is -2.21. The highest BCUT2D eigenvalue weighted by Gasteiger charge is 2.22. The van der Waals surface area contributed by atoms with Crippen molar-refractivity contribution in [1.82, 2.24) is 0 Å². The molecule has 5 nitrogen and oxygen atoms in total. The summed E-state index contributed by atoms with van der Waals surface area (Å²) in [5, 5.41) is 14.6. The maximum Gasteiger partial charge on any atom is 0.155 e. The number of benzene rings is 2.